The van der Waals surface area contributed by atoms with Crippen LogP contribution in [0.25, 0.3) is 0 Å². The molecular formula is C15H11F2NO4. The third kappa shape index (κ3) is 4.27. The van der Waals surface area contributed by atoms with E-state index in [2.05, 4.69) is 5.32 Å². The van der Waals surface area contributed by atoms with Crippen molar-refractivity contribution in [2.75, 3.05) is 11.9 Å². The average Bonchev–Trinajstić information content (AvgIpc) is 2.44. The van der Waals surface area contributed by atoms with Gasteiger partial charge in [-0.25, -0.2) is 13.6 Å². The fourth-order valence-electron chi connectivity index (χ4n) is 1.64. The number of esters is 1. The zero-order valence-corrected chi connectivity index (χ0v) is 11.2. The van der Waals surface area contributed by atoms with Gasteiger partial charge in [-0.15, -0.1) is 0 Å². The molecule has 2 rings (SSSR count). The predicted octanol–water partition coefficient (Wildman–Crippen LogP) is 2.47. The highest BCUT2D eigenvalue weighted by molar-refractivity contribution is 5.95. The third-order valence-electron chi connectivity index (χ3n) is 2.58. The standard InChI is InChI=1S/C15H11F2NO4/c16-10-5-11(17)7-12(6-10)18-14(20)8-22-15(21)9-1-3-13(19)4-2-9/h1-7,19H,8H2,(H,18,20). The third-order valence-corrected chi connectivity index (χ3v) is 2.58. The molecule has 0 bridgehead atoms. The molecule has 0 aliphatic heterocycles. The van der Waals surface area contributed by atoms with E-state index in [1.165, 1.54) is 24.3 Å². The van der Waals surface area contributed by atoms with Gasteiger partial charge in [0.15, 0.2) is 6.61 Å². The number of anilines is 1. The van der Waals surface area contributed by atoms with Gasteiger partial charge in [-0.3, -0.25) is 4.79 Å². The Balaban J connectivity index is 1.89. The first kappa shape index (κ1) is 15.4. The first-order chi connectivity index (χ1) is 10.4. The fraction of sp³-hybridized carbons (Fsp3) is 0.0667. The highest BCUT2D eigenvalue weighted by Gasteiger charge is 2.11. The molecule has 0 saturated heterocycles. The Hall–Kier alpha value is -2.96. The van der Waals surface area contributed by atoms with Crippen LogP contribution in [0.4, 0.5) is 14.5 Å². The number of ether oxygens (including phenoxy) is 1. The molecule has 22 heavy (non-hydrogen) atoms. The molecule has 7 heteroatoms. The minimum absolute atomic E-state index is 0.0116. The van der Waals surface area contributed by atoms with E-state index in [1.807, 2.05) is 0 Å². The van der Waals surface area contributed by atoms with Crippen molar-refractivity contribution < 1.29 is 28.2 Å². The van der Waals surface area contributed by atoms with Gasteiger partial charge in [0.25, 0.3) is 5.91 Å². The number of phenols is 1. The first-order valence-corrected chi connectivity index (χ1v) is 6.16. The van der Waals surface area contributed by atoms with Crippen molar-refractivity contribution in [2.45, 2.75) is 0 Å². The Morgan fingerprint density at radius 1 is 1.05 bits per heavy atom. The zero-order valence-electron chi connectivity index (χ0n) is 11.2. The van der Waals surface area contributed by atoms with Crippen molar-refractivity contribution in [1.82, 2.24) is 0 Å². The van der Waals surface area contributed by atoms with Gasteiger partial charge in [0.05, 0.1) is 5.56 Å². The highest BCUT2D eigenvalue weighted by atomic mass is 19.1. The zero-order chi connectivity index (χ0) is 16.1. The molecule has 0 atom stereocenters. The summed E-state index contributed by atoms with van der Waals surface area (Å²) in [6, 6.07) is 7.79. The van der Waals surface area contributed by atoms with E-state index in [0.717, 1.165) is 12.1 Å². The molecular weight excluding hydrogens is 296 g/mol. The number of benzene rings is 2. The Kier molecular flexibility index (Phi) is 4.67. The molecule has 0 saturated carbocycles. The van der Waals surface area contributed by atoms with Crippen LogP contribution in [-0.4, -0.2) is 23.6 Å². The van der Waals surface area contributed by atoms with E-state index in [4.69, 9.17) is 9.84 Å². The number of hydrogen-bond donors (Lipinski definition) is 2. The molecule has 1 amide bonds. The number of nitrogens with one attached hydrogen (secondary N) is 1. The van der Waals surface area contributed by atoms with E-state index in [0.29, 0.717) is 6.07 Å². The van der Waals surface area contributed by atoms with Crippen LogP contribution in [0.1, 0.15) is 10.4 Å². The predicted molar refractivity (Wildman–Crippen MR) is 73.4 cm³/mol. The van der Waals surface area contributed by atoms with Crippen molar-refractivity contribution >= 4 is 17.6 Å². The number of halogens is 2. The second kappa shape index (κ2) is 6.66. The summed E-state index contributed by atoms with van der Waals surface area (Å²) < 4.78 is 30.6. The maximum atomic E-state index is 12.9. The molecule has 114 valence electrons. The Labute approximate surface area is 124 Å². The SMILES string of the molecule is O=C(COC(=O)c1ccc(O)cc1)Nc1cc(F)cc(F)c1. The monoisotopic (exact) mass is 307 g/mol. The van der Waals surface area contributed by atoms with Crippen LogP contribution in [0.2, 0.25) is 0 Å². The summed E-state index contributed by atoms with van der Waals surface area (Å²) in [5.41, 5.74) is 0.0746. The van der Waals surface area contributed by atoms with Crippen LogP contribution in [0.5, 0.6) is 5.75 Å². The van der Waals surface area contributed by atoms with Gasteiger partial charge in [0.2, 0.25) is 0 Å². The molecule has 2 aromatic carbocycles. The number of amides is 1. The quantitative estimate of drug-likeness (QED) is 0.851. The summed E-state index contributed by atoms with van der Waals surface area (Å²) in [7, 11) is 0. The second-order valence-electron chi connectivity index (χ2n) is 4.33. The topological polar surface area (TPSA) is 75.6 Å². The smallest absolute Gasteiger partial charge is 0.338 e. The summed E-state index contributed by atoms with van der Waals surface area (Å²) in [5, 5.41) is 11.3. The van der Waals surface area contributed by atoms with Crippen LogP contribution in [0.15, 0.2) is 42.5 Å². The molecule has 0 radical (unpaired) electrons. The minimum Gasteiger partial charge on any atom is -0.508 e. The summed E-state index contributed by atoms with van der Waals surface area (Å²) in [5.74, 6) is -3.19. The lowest BCUT2D eigenvalue weighted by Crippen LogP contribution is -2.21. The number of hydrogen-bond acceptors (Lipinski definition) is 4. The lowest BCUT2D eigenvalue weighted by molar-refractivity contribution is -0.119. The maximum Gasteiger partial charge on any atom is 0.338 e. The van der Waals surface area contributed by atoms with Crippen LogP contribution >= 0.6 is 0 Å². The van der Waals surface area contributed by atoms with Crippen LogP contribution < -0.4 is 5.32 Å². The van der Waals surface area contributed by atoms with Gasteiger partial charge in [0, 0.05) is 11.8 Å². The molecule has 0 aliphatic carbocycles. The fourth-order valence-corrected chi connectivity index (χ4v) is 1.64. The molecule has 2 N–H and O–H groups in total. The molecule has 0 fully saturated rings. The molecule has 0 aromatic heterocycles. The van der Waals surface area contributed by atoms with Gasteiger partial charge in [-0.05, 0) is 36.4 Å². The summed E-state index contributed by atoms with van der Waals surface area (Å²) in [4.78, 5) is 23.2. The van der Waals surface area contributed by atoms with Gasteiger partial charge in [-0.1, -0.05) is 0 Å². The van der Waals surface area contributed by atoms with E-state index in [-0.39, 0.29) is 17.0 Å². The average molecular weight is 307 g/mol. The molecule has 0 aliphatic rings. The normalized spacial score (nSPS) is 10.1. The lowest BCUT2D eigenvalue weighted by Gasteiger charge is -2.07. The Morgan fingerprint density at radius 2 is 1.64 bits per heavy atom. The molecule has 2 aromatic rings. The number of carbonyl (C=O) groups is 2. The van der Waals surface area contributed by atoms with E-state index < -0.39 is 30.1 Å². The molecule has 0 unspecified atom stereocenters. The lowest BCUT2D eigenvalue weighted by atomic mass is 10.2. The van der Waals surface area contributed by atoms with E-state index in [9.17, 15) is 18.4 Å². The van der Waals surface area contributed by atoms with E-state index >= 15 is 0 Å². The largest absolute Gasteiger partial charge is 0.508 e. The number of carbonyl (C=O) groups excluding carboxylic acids is 2. The highest BCUT2D eigenvalue weighted by Crippen LogP contribution is 2.13. The number of phenolic OH excluding ortho intramolecular Hbond substituents is 1. The van der Waals surface area contributed by atoms with E-state index in [1.54, 1.807) is 0 Å². The summed E-state index contributed by atoms with van der Waals surface area (Å²) in [6.45, 7) is -0.613. The van der Waals surface area contributed by atoms with Gasteiger partial charge < -0.3 is 15.2 Å². The maximum absolute atomic E-state index is 12.9. The van der Waals surface area contributed by atoms with Crippen LogP contribution in [0, 0.1) is 11.6 Å². The number of aromatic hydroxyl groups is 1. The van der Waals surface area contributed by atoms with Gasteiger partial charge in [0.1, 0.15) is 17.4 Å². The van der Waals surface area contributed by atoms with Crippen molar-refractivity contribution in [3.8, 4) is 5.75 Å². The molecule has 0 spiro atoms. The van der Waals surface area contributed by atoms with Crippen molar-refractivity contribution in [2.24, 2.45) is 0 Å². The van der Waals surface area contributed by atoms with Crippen molar-refractivity contribution in [3.63, 3.8) is 0 Å². The minimum atomic E-state index is -0.837. The van der Waals surface area contributed by atoms with Crippen molar-refractivity contribution in [1.29, 1.82) is 0 Å². The van der Waals surface area contributed by atoms with Crippen LogP contribution in [0.3, 0.4) is 0 Å². The second-order valence-corrected chi connectivity index (χ2v) is 4.33. The summed E-state index contributed by atoms with van der Waals surface area (Å²) >= 11 is 0. The van der Waals surface area contributed by atoms with Gasteiger partial charge >= 0.3 is 5.97 Å². The summed E-state index contributed by atoms with van der Waals surface area (Å²) in [6.07, 6.45) is 0. The Morgan fingerprint density at radius 3 is 2.23 bits per heavy atom. The van der Waals surface area contributed by atoms with Gasteiger partial charge in [-0.2, -0.15) is 0 Å². The first-order valence-electron chi connectivity index (χ1n) is 6.16. The Bertz CT molecular complexity index is 681. The molecule has 5 nitrogen and oxygen atoms in total. The molecule has 0 heterocycles. The van der Waals surface area contributed by atoms with Crippen LogP contribution in [-0.2, 0) is 9.53 Å². The van der Waals surface area contributed by atoms with Crippen molar-refractivity contribution in [3.05, 3.63) is 59.7 Å². The number of rotatable bonds is 4.